The van der Waals surface area contributed by atoms with Crippen molar-refractivity contribution in [2.75, 3.05) is 26.9 Å². The summed E-state index contributed by atoms with van der Waals surface area (Å²) in [6.45, 7) is 21.6. The van der Waals surface area contributed by atoms with Crippen molar-refractivity contribution in [1.29, 1.82) is 0 Å². The van der Waals surface area contributed by atoms with Crippen molar-refractivity contribution in [3.8, 4) is 0 Å². The molecule has 0 aromatic heterocycles. The number of hydrogen-bond donors (Lipinski definition) is 11. The van der Waals surface area contributed by atoms with Crippen LogP contribution >= 0.6 is 0 Å². The molecule has 0 aromatic rings. The molecule has 5 aliphatic carbocycles. The minimum atomic E-state index is -1.99. The van der Waals surface area contributed by atoms with Gasteiger partial charge in [0.25, 0.3) is 0 Å². The Kier molecular flexibility index (Phi) is 20.7. The van der Waals surface area contributed by atoms with E-state index < -0.39 is 199 Å². The van der Waals surface area contributed by atoms with Gasteiger partial charge in [-0.1, -0.05) is 91.2 Å². The minimum Gasteiger partial charge on any atom is -0.467 e. The van der Waals surface area contributed by atoms with Crippen LogP contribution in [0.1, 0.15) is 141 Å². The van der Waals surface area contributed by atoms with Gasteiger partial charge in [-0.25, -0.2) is 9.59 Å². The number of hydrogen-bond acceptors (Lipinski definition) is 23. The summed E-state index contributed by atoms with van der Waals surface area (Å²) in [5, 5.41) is 125. The van der Waals surface area contributed by atoms with E-state index in [1.807, 2.05) is 48.5 Å². The lowest BCUT2D eigenvalue weighted by atomic mass is 9.32. The molecule has 27 atom stereocenters. The Balaban J connectivity index is 1.12. The molecule has 3 heterocycles. The van der Waals surface area contributed by atoms with Gasteiger partial charge in [0.15, 0.2) is 31.1 Å². The average Bonchev–Trinajstić information content (AvgIpc) is 0.712. The van der Waals surface area contributed by atoms with Gasteiger partial charge in [-0.2, -0.15) is 0 Å². The number of fused-ring (bicyclic) bond motifs is 7. The summed E-state index contributed by atoms with van der Waals surface area (Å²) < 4.78 is 54.8. The number of ether oxygens (including phenoxy) is 9. The molecule has 0 bridgehead atoms. The summed E-state index contributed by atoms with van der Waals surface area (Å²) in [5.74, 6) is -3.75. The monoisotopic (exact) mass is 1220 g/mol. The smallest absolute Gasteiger partial charge is 0.337 e. The maximum atomic E-state index is 14.1. The molecule has 0 aromatic carbocycles. The SMILES string of the molecule is CC[C@H](C)C(=O)O[C@H]1[C@H](OC(=O)/C=C(/C)CCC=C(C)C)C(C)(C)C[C@H]2C3=CC[C@@H]4[C@@]5(C)CC[C@H](O[C@@H]6O[C@H](C(=O)OC)[C@@H](O[C@@H]7O[C@@H](CO)[C@H](O)[C@H]7O)[C@H](O)[C@H]6O[C@@H]6O[C@H](CO)[C@@H](O)[C@H](O)[C@H]6O)C(C)(C)[C@@H]5CC[C@@]4(C)[C@]3(C)[C@@H](O)[C@@H](O)[C@]21CO. The Bertz CT molecular complexity index is 2510. The number of carbonyl (C=O) groups excluding carboxylic acids is 3. The first kappa shape index (κ1) is 68.9. The molecule has 0 radical (unpaired) electrons. The molecular weight excluding hydrogens is 1120 g/mol. The van der Waals surface area contributed by atoms with Gasteiger partial charge in [0, 0.05) is 16.9 Å². The molecule has 3 aliphatic heterocycles. The van der Waals surface area contributed by atoms with E-state index in [-0.39, 0.29) is 11.8 Å². The van der Waals surface area contributed by atoms with E-state index in [1.165, 1.54) is 6.08 Å². The lowest BCUT2D eigenvalue weighted by molar-refractivity contribution is -0.383. The highest BCUT2D eigenvalue weighted by molar-refractivity contribution is 5.83. The Morgan fingerprint density at radius 2 is 1.31 bits per heavy atom. The van der Waals surface area contributed by atoms with E-state index in [0.717, 1.165) is 30.2 Å². The van der Waals surface area contributed by atoms with Gasteiger partial charge >= 0.3 is 17.9 Å². The summed E-state index contributed by atoms with van der Waals surface area (Å²) in [6.07, 6.45) is -20.5. The zero-order valence-corrected chi connectivity index (χ0v) is 52.3. The van der Waals surface area contributed by atoms with Gasteiger partial charge in [0.1, 0.15) is 67.1 Å². The lowest BCUT2D eigenvalue weighted by Gasteiger charge is -2.73. The molecule has 23 nitrogen and oxygen atoms in total. The van der Waals surface area contributed by atoms with Crippen LogP contribution in [0.25, 0.3) is 0 Å². The second kappa shape index (κ2) is 25.9. The van der Waals surface area contributed by atoms with E-state index in [4.69, 9.17) is 42.6 Å². The maximum absolute atomic E-state index is 14.1. The van der Waals surface area contributed by atoms with Crippen molar-refractivity contribution in [2.24, 2.45) is 56.2 Å². The summed E-state index contributed by atoms with van der Waals surface area (Å²) in [4.78, 5) is 41.7. The van der Waals surface area contributed by atoms with E-state index in [2.05, 4.69) is 39.8 Å². The second-order valence-electron chi connectivity index (χ2n) is 28.4. The molecule has 8 rings (SSSR count). The van der Waals surface area contributed by atoms with Crippen LogP contribution < -0.4 is 0 Å². The third-order valence-electron chi connectivity index (χ3n) is 22.5. The zero-order valence-electron chi connectivity index (χ0n) is 52.3. The van der Waals surface area contributed by atoms with Crippen molar-refractivity contribution < 1.29 is 113 Å². The molecule has 490 valence electrons. The van der Waals surface area contributed by atoms with Gasteiger partial charge < -0.3 is 98.8 Å². The van der Waals surface area contributed by atoms with Crippen LogP contribution in [0.2, 0.25) is 0 Å². The maximum Gasteiger partial charge on any atom is 0.337 e. The number of rotatable bonds is 18. The molecule has 86 heavy (non-hydrogen) atoms. The number of methoxy groups -OCH3 is 1. The van der Waals surface area contributed by atoms with Crippen molar-refractivity contribution in [3.63, 3.8) is 0 Å². The molecule has 0 amide bonds. The standard InChI is InChI=1S/C63H100O23/c1-14-31(5)53(76)86-52-51(82-39(67)24-30(4)17-15-16-29(2)3)58(6,7)25-33-32-18-19-37-60(10)22-21-38(59(8,9)36(60)20-23-61(37,11)62(32,12)49(74)50(75)63(33,52)28-66)81-57-47(84-56-44(72)42(70)40(68)34(26-64)79-56)45(73)46(48(85-57)54(77)78-13)83-55-43(71)41(69)35(27-65)80-55/h16,18,24,31,33-38,40-52,55-57,64-66,68-75H,14-15,17,19-23,25-28H2,1-13H3/b30-24-/t31-,33-,34+,35-,36-,37+,38-,40+,41-,42-,43+,44+,45-,46-,47+,48-,49-,50+,51-,52-,55-,56-,57+,60-,61+,62-,63-/m0/s1. The molecule has 7 fully saturated rings. The number of aliphatic hydroxyl groups is 11. The fourth-order valence-corrected chi connectivity index (χ4v) is 17.1. The van der Waals surface area contributed by atoms with Crippen molar-refractivity contribution in [3.05, 3.63) is 34.9 Å². The Labute approximate surface area is 504 Å². The molecular formula is C63H100O23. The Morgan fingerprint density at radius 1 is 0.709 bits per heavy atom. The van der Waals surface area contributed by atoms with Crippen LogP contribution in [0.15, 0.2) is 34.9 Å². The van der Waals surface area contributed by atoms with Crippen LogP contribution in [-0.2, 0) is 57.0 Å². The quantitative estimate of drug-likeness (QED) is 0.0308. The second-order valence-corrected chi connectivity index (χ2v) is 28.4. The first-order valence-corrected chi connectivity index (χ1v) is 30.9. The number of carbonyl (C=O) groups is 3. The van der Waals surface area contributed by atoms with Crippen molar-refractivity contribution in [1.82, 2.24) is 0 Å². The summed E-state index contributed by atoms with van der Waals surface area (Å²) in [6, 6.07) is 0. The summed E-state index contributed by atoms with van der Waals surface area (Å²) in [5.41, 5.74) is -2.86. The predicted molar refractivity (Wildman–Crippen MR) is 304 cm³/mol. The number of allylic oxidation sites excluding steroid dienone is 4. The molecule has 8 aliphatic rings. The lowest BCUT2D eigenvalue weighted by Crippen LogP contribution is -2.76. The molecule has 11 N–H and O–H groups in total. The topological polar surface area (TPSA) is 357 Å². The number of esters is 3. The van der Waals surface area contributed by atoms with Crippen LogP contribution in [0, 0.1) is 56.2 Å². The van der Waals surface area contributed by atoms with Gasteiger partial charge in [-0.05, 0) is 113 Å². The van der Waals surface area contributed by atoms with Gasteiger partial charge in [-0.15, -0.1) is 0 Å². The first-order chi connectivity index (χ1) is 40.2. The predicted octanol–water partition coefficient (Wildman–Crippen LogP) is 2.16. The normalized spacial score (nSPS) is 46.5. The minimum absolute atomic E-state index is 0.122. The molecule has 0 unspecified atom stereocenters. The summed E-state index contributed by atoms with van der Waals surface area (Å²) in [7, 11) is 1.07. The molecule has 0 spiro atoms. The fourth-order valence-electron chi connectivity index (χ4n) is 17.1. The van der Waals surface area contributed by atoms with Crippen LogP contribution in [0.4, 0.5) is 0 Å². The Hall–Kier alpha value is -3.05. The van der Waals surface area contributed by atoms with Crippen LogP contribution in [0.5, 0.6) is 0 Å². The highest BCUT2D eigenvalue weighted by Gasteiger charge is 2.76. The van der Waals surface area contributed by atoms with E-state index in [1.54, 1.807) is 6.92 Å². The largest absolute Gasteiger partial charge is 0.467 e. The molecule has 4 saturated carbocycles. The third kappa shape index (κ3) is 11.6. The van der Waals surface area contributed by atoms with Crippen molar-refractivity contribution >= 4 is 17.9 Å². The van der Waals surface area contributed by atoms with Crippen molar-refractivity contribution in [2.45, 2.75) is 257 Å². The average molecular weight is 1230 g/mol. The van der Waals surface area contributed by atoms with E-state index in [9.17, 15) is 70.6 Å². The summed E-state index contributed by atoms with van der Waals surface area (Å²) >= 11 is 0. The first-order valence-electron chi connectivity index (χ1n) is 30.9. The molecule has 3 saturated heterocycles. The number of aliphatic hydroxyl groups excluding tert-OH is 11. The highest BCUT2D eigenvalue weighted by Crippen LogP contribution is 2.76. The van der Waals surface area contributed by atoms with Gasteiger partial charge in [-0.3, -0.25) is 4.79 Å². The van der Waals surface area contributed by atoms with Gasteiger partial charge in [0.2, 0.25) is 0 Å². The molecule has 23 heteroatoms. The van der Waals surface area contributed by atoms with E-state index in [0.29, 0.717) is 51.4 Å². The third-order valence-corrected chi connectivity index (χ3v) is 22.5. The highest BCUT2D eigenvalue weighted by atomic mass is 16.8. The fraction of sp³-hybridized carbons (Fsp3) is 0.857. The van der Waals surface area contributed by atoms with Crippen LogP contribution in [-0.4, -0.2) is 218 Å². The van der Waals surface area contributed by atoms with E-state index >= 15 is 0 Å². The van der Waals surface area contributed by atoms with Gasteiger partial charge in [0.05, 0.1) is 56.6 Å². The van der Waals surface area contributed by atoms with Crippen LogP contribution in [0.3, 0.4) is 0 Å². The zero-order chi connectivity index (χ0) is 63.7. The Morgan fingerprint density at radius 3 is 1.90 bits per heavy atom.